The first-order valence-electron chi connectivity index (χ1n) is 6.06. The second-order valence-corrected chi connectivity index (χ2v) is 5.66. The summed E-state index contributed by atoms with van der Waals surface area (Å²) >= 11 is 0.787. The van der Waals surface area contributed by atoms with Gasteiger partial charge >= 0.3 is 0 Å². The van der Waals surface area contributed by atoms with Gasteiger partial charge in [-0.1, -0.05) is 11.3 Å². The van der Waals surface area contributed by atoms with Crippen molar-refractivity contribution in [2.24, 2.45) is 0 Å². The zero-order valence-corrected chi connectivity index (χ0v) is 11.2. The Balaban J connectivity index is 1.96. The Morgan fingerprint density at radius 1 is 0.905 bits per heavy atom. The van der Waals surface area contributed by atoms with Gasteiger partial charge in [-0.15, -0.1) is 10.2 Å². The highest BCUT2D eigenvalue weighted by molar-refractivity contribution is 7.14. The second-order valence-electron chi connectivity index (χ2n) is 4.60. The Bertz CT molecular complexity index is 669. The second kappa shape index (κ2) is 5.30. The quantitative estimate of drug-likeness (QED) is 0.534. The number of benzene rings is 1. The standard InChI is InChI=1S/C12H8F5N3S/c13-7-6(8(14)10(16)11(17)9(7)15)12-20-19-5(21-12)3-18-4-1-2-4/h4,18H,1-3H2. The minimum absolute atomic E-state index is 0.338. The van der Waals surface area contributed by atoms with Crippen LogP contribution in [0.5, 0.6) is 0 Å². The fraction of sp³-hybridized carbons (Fsp3) is 0.333. The third kappa shape index (κ3) is 2.62. The third-order valence-corrected chi connectivity index (χ3v) is 3.95. The van der Waals surface area contributed by atoms with Crippen molar-refractivity contribution >= 4 is 11.3 Å². The van der Waals surface area contributed by atoms with Crippen LogP contribution >= 0.6 is 11.3 Å². The highest BCUT2D eigenvalue weighted by atomic mass is 32.1. The lowest BCUT2D eigenvalue weighted by molar-refractivity contribution is 0.381. The molecule has 1 heterocycles. The van der Waals surface area contributed by atoms with E-state index in [4.69, 9.17) is 0 Å². The summed E-state index contributed by atoms with van der Waals surface area (Å²) < 4.78 is 66.5. The van der Waals surface area contributed by atoms with Crippen molar-refractivity contribution < 1.29 is 22.0 Å². The molecule has 0 bridgehead atoms. The van der Waals surface area contributed by atoms with Gasteiger partial charge in [-0.2, -0.15) is 0 Å². The molecule has 3 nitrogen and oxygen atoms in total. The molecule has 0 saturated heterocycles. The van der Waals surface area contributed by atoms with Gasteiger partial charge in [0, 0.05) is 12.6 Å². The fourth-order valence-corrected chi connectivity index (χ4v) is 2.56. The highest BCUT2D eigenvalue weighted by Gasteiger charge is 2.28. The molecule has 0 unspecified atom stereocenters. The molecule has 112 valence electrons. The minimum atomic E-state index is -2.19. The first kappa shape index (κ1) is 14.3. The predicted octanol–water partition coefficient (Wildman–Crippen LogP) is 3.15. The molecule has 2 aromatic rings. The lowest BCUT2D eigenvalue weighted by atomic mass is 10.2. The minimum Gasteiger partial charge on any atom is -0.308 e. The van der Waals surface area contributed by atoms with Crippen LogP contribution < -0.4 is 5.32 Å². The molecule has 1 aliphatic rings. The molecule has 1 aliphatic carbocycles. The van der Waals surface area contributed by atoms with E-state index in [1.54, 1.807) is 0 Å². The number of hydrogen-bond donors (Lipinski definition) is 1. The summed E-state index contributed by atoms with van der Waals surface area (Å²) in [4.78, 5) is 0. The van der Waals surface area contributed by atoms with Crippen LogP contribution in [0.15, 0.2) is 0 Å². The van der Waals surface area contributed by atoms with Crippen LogP contribution in [0.3, 0.4) is 0 Å². The normalized spacial score (nSPS) is 14.7. The summed E-state index contributed by atoms with van der Waals surface area (Å²) in [7, 11) is 0. The lowest BCUT2D eigenvalue weighted by Gasteiger charge is -2.04. The van der Waals surface area contributed by atoms with E-state index in [9.17, 15) is 22.0 Å². The largest absolute Gasteiger partial charge is 0.308 e. The highest BCUT2D eigenvalue weighted by Crippen LogP contribution is 2.33. The van der Waals surface area contributed by atoms with Crippen LogP contribution in [0.2, 0.25) is 0 Å². The number of nitrogens with one attached hydrogen (secondary N) is 1. The zero-order valence-electron chi connectivity index (χ0n) is 10.4. The Kier molecular flexibility index (Phi) is 3.62. The Hall–Kier alpha value is -1.61. The van der Waals surface area contributed by atoms with Gasteiger partial charge in [-0.3, -0.25) is 0 Å². The molecule has 0 atom stereocenters. The summed E-state index contributed by atoms with van der Waals surface area (Å²) in [5.41, 5.74) is -1.04. The first-order valence-corrected chi connectivity index (χ1v) is 6.88. The third-order valence-electron chi connectivity index (χ3n) is 3.01. The van der Waals surface area contributed by atoms with E-state index in [2.05, 4.69) is 15.5 Å². The monoisotopic (exact) mass is 321 g/mol. The molecule has 3 rings (SSSR count). The summed E-state index contributed by atoms with van der Waals surface area (Å²) in [6.07, 6.45) is 2.09. The van der Waals surface area contributed by atoms with Crippen LogP contribution in [0.25, 0.3) is 10.6 Å². The van der Waals surface area contributed by atoms with Gasteiger partial charge < -0.3 is 5.32 Å². The van der Waals surface area contributed by atoms with Crippen LogP contribution in [-0.2, 0) is 6.54 Å². The van der Waals surface area contributed by atoms with E-state index in [1.807, 2.05) is 0 Å². The van der Waals surface area contributed by atoms with Gasteiger partial charge in [0.25, 0.3) is 0 Å². The van der Waals surface area contributed by atoms with Crippen LogP contribution in [-0.4, -0.2) is 16.2 Å². The van der Waals surface area contributed by atoms with Gasteiger partial charge in [-0.05, 0) is 12.8 Å². The van der Waals surface area contributed by atoms with E-state index >= 15 is 0 Å². The van der Waals surface area contributed by atoms with Gasteiger partial charge in [0.05, 0.1) is 5.56 Å². The molecule has 9 heteroatoms. The van der Waals surface area contributed by atoms with Gasteiger partial charge in [0.15, 0.2) is 28.3 Å². The van der Waals surface area contributed by atoms with Crippen LogP contribution in [0.1, 0.15) is 17.8 Å². The van der Waals surface area contributed by atoms with Crippen molar-refractivity contribution in [2.75, 3.05) is 0 Å². The zero-order chi connectivity index (χ0) is 15.1. The Labute approximate surface area is 119 Å². The summed E-state index contributed by atoms with van der Waals surface area (Å²) in [5.74, 6) is -9.96. The van der Waals surface area contributed by atoms with E-state index in [1.165, 1.54) is 0 Å². The molecule has 0 aliphatic heterocycles. The smallest absolute Gasteiger partial charge is 0.200 e. The number of hydrogen-bond acceptors (Lipinski definition) is 4. The number of nitrogens with zero attached hydrogens (tertiary/aromatic N) is 2. The average Bonchev–Trinajstić information content (AvgIpc) is 3.20. The summed E-state index contributed by atoms with van der Waals surface area (Å²) in [6.45, 7) is 0.345. The number of rotatable bonds is 4. The van der Waals surface area contributed by atoms with Gasteiger partial charge in [0.1, 0.15) is 5.01 Å². The number of aromatic nitrogens is 2. The van der Waals surface area contributed by atoms with Crippen LogP contribution in [0, 0.1) is 29.1 Å². The van der Waals surface area contributed by atoms with E-state index in [0.29, 0.717) is 17.6 Å². The average molecular weight is 321 g/mol. The number of halogens is 5. The maximum atomic E-state index is 13.6. The maximum absolute atomic E-state index is 13.6. The Morgan fingerprint density at radius 3 is 2.05 bits per heavy atom. The summed E-state index contributed by atoms with van der Waals surface area (Å²) in [6, 6.07) is 0.395. The lowest BCUT2D eigenvalue weighted by Crippen LogP contribution is -2.14. The molecule has 21 heavy (non-hydrogen) atoms. The molecule has 1 aromatic heterocycles. The molecule has 1 saturated carbocycles. The molecular weight excluding hydrogens is 313 g/mol. The van der Waals surface area contributed by atoms with Crippen molar-refractivity contribution in [3.8, 4) is 10.6 Å². The molecule has 0 amide bonds. The predicted molar refractivity (Wildman–Crippen MR) is 65.0 cm³/mol. The SMILES string of the molecule is Fc1c(F)c(F)c(-c2nnc(CNC3CC3)s2)c(F)c1F. The molecular formula is C12H8F5N3S. The summed E-state index contributed by atoms with van der Waals surface area (Å²) in [5, 5.41) is 10.4. The molecule has 1 fully saturated rings. The fourth-order valence-electron chi connectivity index (χ4n) is 1.74. The van der Waals surface area contributed by atoms with Crippen molar-refractivity contribution in [3.05, 3.63) is 34.1 Å². The van der Waals surface area contributed by atoms with Crippen LogP contribution in [0.4, 0.5) is 22.0 Å². The van der Waals surface area contributed by atoms with E-state index in [-0.39, 0.29) is 5.01 Å². The van der Waals surface area contributed by atoms with Gasteiger partial charge in [0.2, 0.25) is 5.82 Å². The van der Waals surface area contributed by atoms with E-state index < -0.39 is 34.6 Å². The van der Waals surface area contributed by atoms with Crippen molar-refractivity contribution in [3.63, 3.8) is 0 Å². The van der Waals surface area contributed by atoms with Crippen molar-refractivity contribution in [1.29, 1.82) is 0 Å². The Morgan fingerprint density at radius 2 is 1.48 bits per heavy atom. The van der Waals surface area contributed by atoms with Crippen molar-refractivity contribution in [2.45, 2.75) is 25.4 Å². The molecule has 1 aromatic carbocycles. The van der Waals surface area contributed by atoms with Gasteiger partial charge in [-0.25, -0.2) is 22.0 Å². The molecule has 0 spiro atoms. The van der Waals surface area contributed by atoms with Crippen molar-refractivity contribution in [1.82, 2.24) is 15.5 Å². The van der Waals surface area contributed by atoms with E-state index in [0.717, 1.165) is 24.2 Å². The topological polar surface area (TPSA) is 37.8 Å². The maximum Gasteiger partial charge on any atom is 0.200 e. The molecule has 0 radical (unpaired) electrons. The first-order chi connectivity index (χ1) is 9.99. The molecule has 1 N–H and O–H groups in total.